The molecule has 2 aliphatic heterocycles. The summed E-state index contributed by atoms with van der Waals surface area (Å²) in [4.78, 5) is 25.2. The lowest BCUT2D eigenvalue weighted by molar-refractivity contribution is 0.0527. The van der Waals surface area contributed by atoms with Crippen LogP contribution < -0.4 is 9.64 Å². The summed E-state index contributed by atoms with van der Waals surface area (Å²) in [6.45, 7) is 4.61. The van der Waals surface area contributed by atoms with Gasteiger partial charge in [0.1, 0.15) is 6.10 Å². The second-order valence-electron chi connectivity index (χ2n) is 6.82. The molecule has 1 aromatic heterocycles. The van der Waals surface area contributed by atoms with E-state index >= 15 is 0 Å². The number of morpholine rings is 1. The van der Waals surface area contributed by atoms with Crippen molar-refractivity contribution in [1.82, 2.24) is 14.9 Å². The van der Waals surface area contributed by atoms with Crippen molar-refractivity contribution >= 4 is 11.6 Å². The van der Waals surface area contributed by atoms with E-state index in [0.29, 0.717) is 18.0 Å². The summed E-state index contributed by atoms with van der Waals surface area (Å²) in [5, 5.41) is 0. The molecule has 0 N–H and O–H groups in total. The van der Waals surface area contributed by atoms with Gasteiger partial charge in [0.15, 0.2) is 0 Å². The van der Waals surface area contributed by atoms with E-state index in [9.17, 15) is 4.79 Å². The van der Waals surface area contributed by atoms with Crippen LogP contribution >= 0.6 is 0 Å². The van der Waals surface area contributed by atoms with E-state index in [0.717, 1.165) is 51.4 Å². The molecular weight excluding hydrogens is 344 g/mol. The molecular formula is C20H24N4O3. The Kier molecular flexibility index (Phi) is 5.48. The zero-order chi connectivity index (χ0) is 18.5. The lowest BCUT2D eigenvalue weighted by Crippen LogP contribution is -2.44. The first-order valence-corrected chi connectivity index (χ1v) is 9.44. The summed E-state index contributed by atoms with van der Waals surface area (Å²) in [6.07, 6.45) is 6.61. The maximum Gasteiger partial charge on any atom is 0.253 e. The summed E-state index contributed by atoms with van der Waals surface area (Å²) < 4.78 is 11.3. The highest BCUT2D eigenvalue weighted by Gasteiger charge is 2.26. The van der Waals surface area contributed by atoms with Crippen LogP contribution in [0.2, 0.25) is 0 Å². The summed E-state index contributed by atoms with van der Waals surface area (Å²) in [5.41, 5.74) is 1.85. The van der Waals surface area contributed by atoms with Crippen LogP contribution in [0.25, 0.3) is 0 Å². The summed E-state index contributed by atoms with van der Waals surface area (Å²) in [7, 11) is 0. The topological polar surface area (TPSA) is 67.8 Å². The second kappa shape index (κ2) is 8.35. The maximum atomic E-state index is 12.9. The van der Waals surface area contributed by atoms with Crippen molar-refractivity contribution < 1.29 is 14.3 Å². The molecule has 7 heteroatoms. The maximum absolute atomic E-state index is 12.9. The standard InChI is InChI=1S/C20H24N4O3/c25-20(16-3-5-17(6-4-16)23-10-12-26-13-11-23)24-9-1-2-18(15-24)27-19-14-21-7-8-22-19/h3-8,14,18H,1-2,9-13,15H2/t18-/m1/s1. The number of piperidine rings is 1. The van der Waals surface area contributed by atoms with Crippen molar-refractivity contribution in [3.05, 3.63) is 48.4 Å². The van der Waals surface area contributed by atoms with E-state index < -0.39 is 0 Å². The molecule has 0 bridgehead atoms. The van der Waals surface area contributed by atoms with E-state index in [2.05, 4.69) is 14.9 Å². The molecule has 0 saturated carbocycles. The first kappa shape index (κ1) is 17.7. The number of hydrogen-bond donors (Lipinski definition) is 0. The third kappa shape index (κ3) is 4.36. The molecule has 2 fully saturated rings. The number of amides is 1. The number of ether oxygens (including phenoxy) is 2. The van der Waals surface area contributed by atoms with Gasteiger partial charge in [-0.25, -0.2) is 4.98 Å². The smallest absolute Gasteiger partial charge is 0.253 e. The quantitative estimate of drug-likeness (QED) is 0.822. The van der Waals surface area contributed by atoms with Crippen molar-refractivity contribution in [2.45, 2.75) is 18.9 Å². The van der Waals surface area contributed by atoms with Crippen molar-refractivity contribution in [2.75, 3.05) is 44.3 Å². The SMILES string of the molecule is O=C(c1ccc(N2CCOCC2)cc1)N1CCC[C@@H](Oc2cnccn2)C1. The second-order valence-corrected chi connectivity index (χ2v) is 6.82. The van der Waals surface area contributed by atoms with E-state index in [1.807, 2.05) is 29.2 Å². The number of likely N-dealkylation sites (tertiary alicyclic amines) is 1. The van der Waals surface area contributed by atoms with Gasteiger partial charge < -0.3 is 19.3 Å². The van der Waals surface area contributed by atoms with Gasteiger partial charge in [0.25, 0.3) is 5.91 Å². The molecule has 27 heavy (non-hydrogen) atoms. The molecule has 3 heterocycles. The molecule has 1 atom stereocenters. The third-order valence-corrected chi connectivity index (χ3v) is 4.98. The Hall–Kier alpha value is -2.67. The van der Waals surface area contributed by atoms with E-state index in [1.165, 1.54) is 0 Å². The van der Waals surface area contributed by atoms with Gasteiger partial charge in [-0.2, -0.15) is 0 Å². The molecule has 1 aromatic carbocycles. The Labute approximate surface area is 158 Å². The average Bonchev–Trinajstić information content (AvgIpc) is 2.75. The van der Waals surface area contributed by atoms with Crippen molar-refractivity contribution in [3.8, 4) is 5.88 Å². The summed E-state index contributed by atoms with van der Waals surface area (Å²) in [5.74, 6) is 0.558. The first-order valence-electron chi connectivity index (χ1n) is 9.44. The molecule has 0 spiro atoms. The number of carbonyl (C=O) groups is 1. The Morgan fingerprint density at radius 2 is 1.93 bits per heavy atom. The van der Waals surface area contributed by atoms with Crippen LogP contribution in [-0.2, 0) is 4.74 Å². The van der Waals surface area contributed by atoms with E-state index in [4.69, 9.17) is 9.47 Å². The lowest BCUT2D eigenvalue weighted by atomic mass is 10.1. The Morgan fingerprint density at radius 3 is 2.67 bits per heavy atom. The molecule has 0 radical (unpaired) electrons. The van der Waals surface area contributed by atoms with E-state index in [1.54, 1.807) is 18.6 Å². The van der Waals surface area contributed by atoms with Gasteiger partial charge in [0.05, 0.1) is 26.0 Å². The van der Waals surface area contributed by atoms with Crippen LogP contribution in [0.4, 0.5) is 5.69 Å². The van der Waals surface area contributed by atoms with Gasteiger partial charge in [-0.15, -0.1) is 0 Å². The molecule has 2 aliphatic rings. The highest BCUT2D eigenvalue weighted by Crippen LogP contribution is 2.20. The average molecular weight is 368 g/mol. The molecule has 1 amide bonds. The van der Waals surface area contributed by atoms with Gasteiger partial charge in [-0.05, 0) is 37.1 Å². The number of carbonyl (C=O) groups excluding carboxylic acids is 1. The van der Waals surface area contributed by atoms with Gasteiger partial charge in [0.2, 0.25) is 5.88 Å². The number of rotatable bonds is 4. The van der Waals surface area contributed by atoms with Crippen molar-refractivity contribution in [1.29, 1.82) is 0 Å². The van der Waals surface area contributed by atoms with Crippen LogP contribution in [0, 0.1) is 0 Å². The fraction of sp³-hybridized carbons (Fsp3) is 0.450. The molecule has 0 unspecified atom stereocenters. The molecule has 142 valence electrons. The summed E-state index contributed by atoms with van der Waals surface area (Å²) in [6, 6.07) is 7.88. The molecule has 2 saturated heterocycles. The highest BCUT2D eigenvalue weighted by atomic mass is 16.5. The first-order chi connectivity index (χ1) is 13.3. The lowest BCUT2D eigenvalue weighted by Gasteiger charge is -2.33. The Bertz CT molecular complexity index is 748. The van der Waals surface area contributed by atoms with Crippen LogP contribution in [0.3, 0.4) is 0 Å². The Morgan fingerprint density at radius 1 is 1.11 bits per heavy atom. The van der Waals surface area contributed by atoms with Gasteiger partial charge >= 0.3 is 0 Å². The van der Waals surface area contributed by atoms with Crippen molar-refractivity contribution in [2.24, 2.45) is 0 Å². The van der Waals surface area contributed by atoms with Gasteiger partial charge in [0, 0.05) is 43.3 Å². The molecule has 0 aliphatic carbocycles. The molecule has 2 aromatic rings. The third-order valence-electron chi connectivity index (χ3n) is 4.98. The number of aromatic nitrogens is 2. The van der Waals surface area contributed by atoms with Crippen molar-refractivity contribution in [3.63, 3.8) is 0 Å². The summed E-state index contributed by atoms with van der Waals surface area (Å²) >= 11 is 0. The highest BCUT2D eigenvalue weighted by molar-refractivity contribution is 5.94. The molecule has 7 nitrogen and oxygen atoms in total. The zero-order valence-corrected chi connectivity index (χ0v) is 15.3. The van der Waals surface area contributed by atoms with Crippen LogP contribution in [0.1, 0.15) is 23.2 Å². The van der Waals surface area contributed by atoms with E-state index in [-0.39, 0.29) is 12.0 Å². The number of hydrogen-bond acceptors (Lipinski definition) is 6. The monoisotopic (exact) mass is 368 g/mol. The number of benzene rings is 1. The predicted octanol–water partition coefficient (Wildman–Crippen LogP) is 2.00. The minimum absolute atomic E-state index is 0.0491. The fourth-order valence-corrected chi connectivity index (χ4v) is 3.55. The van der Waals surface area contributed by atoms with Crippen LogP contribution in [0.15, 0.2) is 42.9 Å². The number of nitrogens with zero attached hydrogens (tertiary/aromatic N) is 4. The molecule has 4 rings (SSSR count). The normalized spacial score (nSPS) is 20.4. The zero-order valence-electron chi connectivity index (χ0n) is 15.3. The van der Waals surface area contributed by atoms with Gasteiger partial charge in [-0.1, -0.05) is 0 Å². The largest absolute Gasteiger partial charge is 0.471 e. The fourth-order valence-electron chi connectivity index (χ4n) is 3.55. The van der Waals surface area contributed by atoms with Crippen LogP contribution in [0.5, 0.6) is 5.88 Å². The van der Waals surface area contributed by atoms with Crippen LogP contribution in [-0.4, -0.2) is 66.3 Å². The van der Waals surface area contributed by atoms with Gasteiger partial charge in [-0.3, -0.25) is 9.78 Å². The Balaban J connectivity index is 1.38. The minimum Gasteiger partial charge on any atom is -0.471 e. The minimum atomic E-state index is -0.0491. The number of anilines is 1. The predicted molar refractivity (Wildman–Crippen MR) is 101 cm³/mol.